The predicted molar refractivity (Wildman–Crippen MR) is 118 cm³/mol. The quantitative estimate of drug-likeness (QED) is 0.430. The van der Waals surface area contributed by atoms with Crippen molar-refractivity contribution >= 4 is 34.0 Å². The zero-order valence-corrected chi connectivity index (χ0v) is 17.8. The third-order valence-corrected chi connectivity index (χ3v) is 6.10. The van der Waals surface area contributed by atoms with E-state index in [2.05, 4.69) is 19.2 Å². The van der Waals surface area contributed by atoms with Crippen LogP contribution in [0.15, 0.2) is 48.5 Å². The first kappa shape index (κ1) is 21.1. The Morgan fingerprint density at radius 2 is 1.93 bits per heavy atom. The van der Waals surface area contributed by atoms with Gasteiger partial charge in [0, 0.05) is 22.0 Å². The molecule has 29 heavy (non-hydrogen) atoms. The van der Waals surface area contributed by atoms with Gasteiger partial charge in [-0.1, -0.05) is 49.7 Å². The zero-order chi connectivity index (χ0) is 21.0. The maximum atomic E-state index is 11.7. The molecule has 1 atom stereocenters. The van der Waals surface area contributed by atoms with Gasteiger partial charge in [0.2, 0.25) is 0 Å². The molecule has 0 saturated heterocycles. The van der Waals surface area contributed by atoms with Crippen LogP contribution in [-0.4, -0.2) is 27.7 Å². The van der Waals surface area contributed by atoms with Crippen molar-refractivity contribution in [1.29, 1.82) is 0 Å². The molecular formula is C22H23ClN2O3S. The molecule has 0 aliphatic rings. The van der Waals surface area contributed by atoms with E-state index in [9.17, 15) is 15.0 Å². The molecule has 3 aromatic rings. The van der Waals surface area contributed by atoms with Crippen molar-refractivity contribution in [2.75, 3.05) is 11.9 Å². The molecule has 2 aromatic carbocycles. The molecule has 3 rings (SSSR count). The van der Waals surface area contributed by atoms with E-state index in [0.29, 0.717) is 16.6 Å². The van der Waals surface area contributed by atoms with Crippen LogP contribution in [0.3, 0.4) is 0 Å². The molecule has 0 aliphatic heterocycles. The Kier molecular flexibility index (Phi) is 6.77. The minimum absolute atomic E-state index is 0.133. The van der Waals surface area contributed by atoms with Crippen molar-refractivity contribution < 1.29 is 15.0 Å². The van der Waals surface area contributed by atoms with Gasteiger partial charge in [0.15, 0.2) is 5.13 Å². The lowest BCUT2D eigenvalue weighted by Gasteiger charge is -2.13. The average Bonchev–Trinajstić information content (AvgIpc) is 3.10. The number of nitrogens with one attached hydrogen (secondary N) is 1. The van der Waals surface area contributed by atoms with Crippen LogP contribution in [0.1, 0.15) is 30.2 Å². The van der Waals surface area contributed by atoms with Crippen molar-refractivity contribution in [3.05, 3.63) is 64.0 Å². The van der Waals surface area contributed by atoms with Gasteiger partial charge in [0.25, 0.3) is 0 Å². The number of carbonyl (C=O) groups is 1. The van der Waals surface area contributed by atoms with Crippen LogP contribution in [0.25, 0.3) is 11.3 Å². The number of benzene rings is 2. The number of hydrogen-bond acceptors (Lipinski definition) is 5. The van der Waals surface area contributed by atoms with Gasteiger partial charge in [-0.25, -0.2) is 4.98 Å². The maximum absolute atomic E-state index is 11.7. The summed E-state index contributed by atoms with van der Waals surface area (Å²) in [5, 5.41) is 23.8. The highest BCUT2D eigenvalue weighted by Crippen LogP contribution is 2.36. The van der Waals surface area contributed by atoms with Crippen molar-refractivity contribution in [3.8, 4) is 17.0 Å². The number of aromatic nitrogens is 1. The third-order valence-electron chi connectivity index (χ3n) is 4.54. The highest BCUT2D eigenvalue weighted by molar-refractivity contribution is 7.16. The lowest BCUT2D eigenvalue weighted by Crippen LogP contribution is -2.25. The number of aliphatic carboxylic acids is 1. The normalized spacial score (nSPS) is 12.1. The zero-order valence-electron chi connectivity index (χ0n) is 16.2. The summed E-state index contributed by atoms with van der Waals surface area (Å²) in [6.07, 6.45) is 0.323. The first-order chi connectivity index (χ1) is 13.8. The number of anilines is 1. The van der Waals surface area contributed by atoms with Crippen LogP contribution in [-0.2, 0) is 11.2 Å². The molecule has 1 heterocycles. The van der Waals surface area contributed by atoms with E-state index in [1.807, 2.05) is 30.3 Å². The van der Waals surface area contributed by atoms with Crippen molar-refractivity contribution in [1.82, 2.24) is 4.98 Å². The van der Waals surface area contributed by atoms with Gasteiger partial charge in [0.1, 0.15) is 5.75 Å². The van der Waals surface area contributed by atoms with Gasteiger partial charge in [-0.15, -0.1) is 11.3 Å². The molecule has 0 radical (unpaired) electrons. The van der Waals surface area contributed by atoms with E-state index >= 15 is 0 Å². The number of nitrogens with zero attached hydrogens (tertiary/aromatic N) is 1. The van der Waals surface area contributed by atoms with Gasteiger partial charge in [-0.3, -0.25) is 4.79 Å². The predicted octanol–water partition coefficient (Wildman–Crippen LogP) is 5.65. The van der Waals surface area contributed by atoms with E-state index in [1.165, 1.54) is 0 Å². The first-order valence-electron chi connectivity index (χ1n) is 9.34. The highest BCUT2D eigenvalue weighted by atomic mass is 35.5. The van der Waals surface area contributed by atoms with Gasteiger partial charge in [-0.2, -0.15) is 0 Å². The Morgan fingerprint density at radius 3 is 2.55 bits per heavy atom. The molecule has 7 heteroatoms. The van der Waals surface area contributed by atoms with Crippen molar-refractivity contribution in [2.24, 2.45) is 5.92 Å². The number of phenols is 1. The number of carboxylic acid groups (broad SMARTS) is 1. The summed E-state index contributed by atoms with van der Waals surface area (Å²) in [5.41, 5.74) is 2.66. The number of rotatable bonds is 8. The van der Waals surface area contributed by atoms with Crippen LogP contribution in [0.4, 0.5) is 5.13 Å². The molecule has 0 bridgehead atoms. The molecule has 152 valence electrons. The molecule has 0 aliphatic carbocycles. The Morgan fingerprint density at radius 1 is 1.21 bits per heavy atom. The van der Waals surface area contributed by atoms with Gasteiger partial charge in [0.05, 0.1) is 11.6 Å². The Labute approximate surface area is 179 Å². The van der Waals surface area contributed by atoms with Crippen molar-refractivity contribution in [3.63, 3.8) is 0 Å². The molecule has 5 nitrogen and oxygen atoms in total. The summed E-state index contributed by atoms with van der Waals surface area (Å²) in [7, 11) is 0. The second kappa shape index (κ2) is 9.29. The summed E-state index contributed by atoms with van der Waals surface area (Å²) >= 11 is 7.54. The van der Waals surface area contributed by atoms with E-state index in [1.54, 1.807) is 29.5 Å². The first-order valence-corrected chi connectivity index (χ1v) is 10.5. The minimum Gasteiger partial charge on any atom is -0.508 e. The van der Waals surface area contributed by atoms with Gasteiger partial charge < -0.3 is 15.5 Å². The molecule has 1 aromatic heterocycles. The number of halogens is 1. The molecule has 0 amide bonds. The lowest BCUT2D eigenvalue weighted by molar-refractivity contribution is -0.141. The summed E-state index contributed by atoms with van der Waals surface area (Å²) in [6.45, 7) is 4.47. The van der Waals surface area contributed by atoms with Crippen LogP contribution in [0, 0.1) is 5.92 Å². The average molecular weight is 431 g/mol. The van der Waals surface area contributed by atoms with E-state index < -0.39 is 11.9 Å². The Hall–Kier alpha value is -2.57. The monoisotopic (exact) mass is 430 g/mol. The Balaban J connectivity index is 1.77. The fourth-order valence-corrected chi connectivity index (χ4v) is 4.16. The number of carboxylic acids is 1. The van der Waals surface area contributed by atoms with E-state index in [-0.39, 0.29) is 18.2 Å². The number of hydrogen-bond donors (Lipinski definition) is 3. The molecule has 0 spiro atoms. The van der Waals surface area contributed by atoms with E-state index in [0.717, 1.165) is 21.7 Å². The van der Waals surface area contributed by atoms with Crippen LogP contribution >= 0.6 is 22.9 Å². The second-order valence-corrected chi connectivity index (χ2v) is 8.65. The van der Waals surface area contributed by atoms with Crippen LogP contribution in [0.5, 0.6) is 5.75 Å². The Bertz CT molecular complexity index is 986. The van der Waals surface area contributed by atoms with Gasteiger partial charge in [-0.05, 0) is 42.2 Å². The van der Waals surface area contributed by atoms with Crippen LogP contribution in [0.2, 0.25) is 5.02 Å². The molecule has 1 unspecified atom stereocenters. The number of aromatic hydroxyl groups is 1. The third kappa shape index (κ3) is 5.49. The summed E-state index contributed by atoms with van der Waals surface area (Å²) in [4.78, 5) is 17.6. The minimum atomic E-state index is -0.889. The molecule has 0 saturated carbocycles. The second-order valence-electron chi connectivity index (χ2n) is 7.18. The number of phenolic OH excluding ortho intramolecular Hbond substituents is 1. The summed E-state index contributed by atoms with van der Waals surface area (Å²) in [6, 6.07) is 14.2. The highest BCUT2D eigenvalue weighted by Gasteiger charge is 2.21. The molecule has 0 fully saturated rings. The molecular weight excluding hydrogens is 408 g/mol. The maximum Gasteiger partial charge on any atom is 0.308 e. The van der Waals surface area contributed by atoms with Crippen LogP contribution < -0.4 is 5.32 Å². The SMILES string of the molecule is CC(C)c1sc(NCC(Cc2cccc(O)c2)C(=O)O)nc1-c1ccc(Cl)cc1. The largest absolute Gasteiger partial charge is 0.508 e. The number of thiazole rings is 1. The fraction of sp³-hybridized carbons (Fsp3) is 0.273. The summed E-state index contributed by atoms with van der Waals surface area (Å²) < 4.78 is 0. The topological polar surface area (TPSA) is 82.5 Å². The van der Waals surface area contributed by atoms with Gasteiger partial charge >= 0.3 is 5.97 Å². The smallest absolute Gasteiger partial charge is 0.308 e. The standard InChI is InChI=1S/C22H23ClN2O3S/c1-13(2)20-19(15-6-8-17(23)9-7-15)25-22(29-20)24-12-16(21(27)28)10-14-4-3-5-18(26)11-14/h3-9,11,13,16,26H,10,12H2,1-2H3,(H,24,25)(H,27,28). The lowest BCUT2D eigenvalue weighted by atomic mass is 9.99. The van der Waals surface area contributed by atoms with Crippen molar-refractivity contribution in [2.45, 2.75) is 26.2 Å². The molecule has 3 N–H and O–H groups in total. The van der Waals surface area contributed by atoms with E-state index in [4.69, 9.17) is 16.6 Å². The summed E-state index contributed by atoms with van der Waals surface area (Å²) in [5.74, 6) is -1.11. The fourth-order valence-electron chi connectivity index (χ4n) is 3.04.